The second-order valence-electron chi connectivity index (χ2n) is 6.25. The van der Waals surface area contributed by atoms with E-state index >= 15 is 0 Å². The summed E-state index contributed by atoms with van der Waals surface area (Å²) in [5.41, 5.74) is 2.05. The Morgan fingerprint density at radius 3 is 2.38 bits per heavy atom. The van der Waals surface area contributed by atoms with Crippen molar-refractivity contribution >= 4 is 23.2 Å². The predicted molar refractivity (Wildman–Crippen MR) is 99.7 cm³/mol. The van der Waals surface area contributed by atoms with Crippen LogP contribution in [0.25, 0.3) is 0 Å². The minimum absolute atomic E-state index is 0.0367. The van der Waals surface area contributed by atoms with Crippen molar-refractivity contribution in [3.63, 3.8) is 0 Å². The molecule has 1 aliphatic rings. The normalized spacial score (nSPS) is 13.0. The zero-order chi connectivity index (χ0) is 18.5. The maximum Gasteiger partial charge on any atom is 0.228 e. The van der Waals surface area contributed by atoms with E-state index in [0.29, 0.717) is 22.9 Å². The lowest BCUT2D eigenvalue weighted by molar-refractivity contribution is -0.117. The molecule has 0 bridgehead atoms. The molecule has 1 aliphatic carbocycles. The number of rotatable bonds is 7. The van der Waals surface area contributed by atoms with Gasteiger partial charge >= 0.3 is 0 Å². The quantitative estimate of drug-likeness (QED) is 0.800. The second kappa shape index (κ2) is 7.91. The van der Waals surface area contributed by atoms with Crippen molar-refractivity contribution in [2.75, 3.05) is 24.9 Å². The number of hydrogen-bond acceptors (Lipinski definition) is 4. The van der Waals surface area contributed by atoms with Gasteiger partial charge in [-0.25, -0.2) is 0 Å². The molecule has 0 saturated heterocycles. The standard InChI is InChI=1S/C20H22N2O4/c1-25-17-8-9-18(26-2)14(10-17)11-19(23)21-15-4-3-5-16(12-15)22-20(24)13-6-7-13/h3-5,8-10,12-13H,6-7,11H2,1-2H3,(H,21,23)(H,22,24). The Morgan fingerprint density at radius 2 is 1.73 bits per heavy atom. The van der Waals surface area contributed by atoms with Crippen LogP contribution in [0.3, 0.4) is 0 Å². The number of carbonyl (C=O) groups excluding carboxylic acids is 2. The van der Waals surface area contributed by atoms with E-state index in [2.05, 4.69) is 10.6 Å². The van der Waals surface area contributed by atoms with Gasteiger partial charge in [-0.05, 0) is 49.2 Å². The zero-order valence-electron chi connectivity index (χ0n) is 14.9. The minimum atomic E-state index is -0.178. The van der Waals surface area contributed by atoms with Crippen LogP contribution < -0.4 is 20.1 Å². The van der Waals surface area contributed by atoms with Crippen molar-refractivity contribution in [1.82, 2.24) is 0 Å². The lowest BCUT2D eigenvalue weighted by atomic mass is 10.1. The lowest BCUT2D eigenvalue weighted by Crippen LogP contribution is -2.16. The van der Waals surface area contributed by atoms with Gasteiger partial charge in [-0.3, -0.25) is 9.59 Å². The van der Waals surface area contributed by atoms with E-state index < -0.39 is 0 Å². The predicted octanol–water partition coefficient (Wildman–Crippen LogP) is 3.23. The van der Waals surface area contributed by atoms with Gasteiger partial charge in [0, 0.05) is 22.9 Å². The molecule has 0 radical (unpaired) electrons. The summed E-state index contributed by atoms with van der Waals surface area (Å²) in [5, 5.41) is 5.72. The fourth-order valence-corrected chi connectivity index (χ4v) is 2.66. The SMILES string of the molecule is COc1ccc(OC)c(CC(=O)Nc2cccc(NC(=O)C3CC3)c2)c1. The number of hydrogen-bond donors (Lipinski definition) is 2. The molecule has 6 nitrogen and oxygen atoms in total. The topological polar surface area (TPSA) is 76.7 Å². The molecular formula is C20H22N2O4. The smallest absolute Gasteiger partial charge is 0.228 e. The van der Waals surface area contributed by atoms with Crippen LogP contribution in [0.4, 0.5) is 11.4 Å². The molecule has 2 N–H and O–H groups in total. The number of benzene rings is 2. The number of nitrogens with one attached hydrogen (secondary N) is 2. The summed E-state index contributed by atoms with van der Waals surface area (Å²) < 4.78 is 10.5. The molecular weight excluding hydrogens is 332 g/mol. The Morgan fingerprint density at radius 1 is 1.00 bits per heavy atom. The monoisotopic (exact) mass is 354 g/mol. The maximum absolute atomic E-state index is 12.4. The highest BCUT2D eigenvalue weighted by atomic mass is 16.5. The first-order chi connectivity index (χ1) is 12.6. The summed E-state index contributed by atoms with van der Waals surface area (Å²) >= 11 is 0. The average Bonchev–Trinajstić information content (AvgIpc) is 3.47. The first-order valence-corrected chi connectivity index (χ1v) is 8.50. The third kappa shape index (κ3) is 4.53. The third-order valence-electron chi connectivity index (χ3n) is 4.20. The third-order valence-corrected chi connectivity index (χ3v) is 4.20. The highest BCUT2D eigenvalue weighted by Crippen LogP contribution is 2.30. The van der Waals surface area contributed by atoms with Crippen LogP contribution in [-0.2, 0) is 16.0 Å². The number of ether oxygens (including phenoxy) is 2. The molecule has 0 heterocycles. The van der Waals surface area contributed by atoms with Gasteiger partial charge in [0.25, 0.3) is 0 Å². The van der Waals surface area contributed by atoms with E-state index in [1.807, 2.05) is 0 Å². The van der Waals surface area contributed by atoms with E-state index in [4.69, 9.17) is 9.47 Å². The fraction of sp³-hybridized carbons (Fsp3) is 0.300. The van der Waals surface area contributed by atoms with Crippen molar-refractivity contribution < 1.29 is 19.1 Å². The molecule has 0 spiro atoms. The van der Waals surface area contributed by atoms with E-state index in [0.717, 1.165) is 18.4 Å². The first kappa shape index (κ1) is 17.8. The van der Waals surface area contributed by atoms with Crippen LogP contribution in [0.15, 0.2) is 42.5 Å². The Hall–Kier alpha value is -3.02. The van der Waals surface area contributed by atoms with Crippen LogP contribution in [-0.4, -0.2) is 26.0 Å². The zero-order valence-corrected chi connectivity index (χ0v) is 14.9. The van der Waals surface area contributed by atoms with Crippen molar-refractivity contribution in [2.45, 2.75) is 19.3 Å². The molecule has 136 valence electrons. The van der Waals surface area contributed by atoms with Crippen LogP contribution in [0.5, 0.6) is 11.5 Å². The first-order valence-electron chi connectivity index (χ1n) is 8.50. The molecule has 2 aromatic carbocycles. The average molecular weight is 354 g/mol. The van der Waals surface area contributed by atoms with E-state index in [-0.39, 0.29) is 24.2 Å². The Balaban J connectivity index is 1.65. The molecule has 26 heavy (non-hydrogen) atoms. The van der Waals surface area contributed by atoms with Gasteiger partial charge in [-0.15, -0.1) is 0 Å². The van der Waals surface area contributed by atoms with Gasteiger partial charge < -0.3 is 20.1 Å². The molecule has 0 unspecified atom stereocenters. The summed E-state index contributed by atoms with van der Waals surface area (Å²) in [6, 6.07) is 12.5. The molecule has 1 fully saturated rings. The van der Waals surface area contributed by atoms with Crippen LogP contribution >= 0.6 is 0 Å². The lowest BCUT2D eigenvalue weighted by Gasteiger charge is -2.11. The number of anilines is 2. The number of amides is 2. The summed E-state index contributed by atoms with van der Waals surface area (Å²) in [6.45, 7) is 0. The van der Waals surface area contributed by atoms with Gasteiger partial charge in [0.05, 0.1) is 20.6 Å². The molecule has 0 aromatic heterocycles. The Labute approximate surface area is 152 Å². The molecule has 0 aliphatic heterocycles. The summed E-state index contributed by atoms with van der Waals surface area (Å²) in [7, 11) is 3.14. The van der Waals surface area contributed by atoms with Crippen molar-refractivity contribution in [1.29, 1.82) is 0 Å². The second-order valence-corrected chi connectivity index (χ2v) is 6.25. The van der Waals surface area contributed by atoms with Crippen LogP contribution in [0, 0.1) is 5.92 Å². The van der Waals surface area contributed by atoms with Gasteiger partial charge in [0.2, 0.25) is 11.8 Å². The van der Waals surface area contributed by atoms with E-state index in [1.54, 1.807) is 56.7 Å². The summed E-state index contributed by atoms with van der Waals surface area (Å²) in [4.78, 5) is 24.3. The largest absolute Gasteiger partial charge is 0.497 e. The summed E-state index contributed by atoms with van der Waals surface area (Å²) in [5.74, 6) is 1.29. The molecule has 3 rings (SSSR count). The Kier molecular flexibility index (Phi) is 5.41. The van der Waals surface area contributed by atoms with Gasteiger partial charge in [0.1, 0.15) is 11.5 Å². The van der Waals surface area contributed by atoms with E-state index in [9.17, 15) is 9.59 Å². The van der Waals surface area contributed by atoms with Crippen LogP contribution in [0.1, 0.15) is 18.4 Å². The number of carbonyl (C=O) groups is 2. The fourth-order valence-electron chi connectivity index (χ4n) is 2.66. The maximum atomic E-state index is 12.4. The minimum Gasteiger partial charge on any atom is -0.497 e. The van der Waals surface area contributed by atoms with Gasteiger partial charge in [-0.1, -0.05) is 6.07 Å². The van der Waals surface area contributed by atoms with Crippen LogP contribution in [0.2, 0.25) is 0 Å². The molecule has 2 amide bonds. The van der Waals surface area contributed by atoms with Crippen molar-refractivity contribution in [2.24, 2.45) is 5.92 Å². The van der Waals surface area contributed by atoms with Gasteiger partial charge in [-0.2, -0.15) is 0 Å². The van der Waals surface area contributed by atoms with Gasteiger partial charge in [0.15, 0.2) is 0 Å². The molecule has 1 saturated carbocycles. The molecule has 0 atom stereocenters. The molecule has 2 aromatic rings. The molecule has 6 heteroatoms. The number of methoxy groups -OCH3 is 2. The highest BCUT2D eigenvalue weighted by Gasteiger charge is 2.29. The van der Waals surface area contributed by atoms with Crippen molar-refractivity contribution in [3.8, 4) is 11.5 Å². The summed E-state index contributed by atoms with van der Waals surface area (Å²) in [6.07, 6.45) is 2.05. The highest BCUT2D eigenvalue weighted by molar-refractivity contribution is 5.96. The Bertz CT molecular complexity index is 815. The van der Waals surface area contributed by atoms with Crippen molar-refractivity contribution in [3.05, 3.63) is 48.0 Å². The van der Waals surface area contributed by atoms with E-state index in [1.165, 1.54) is 0 Å².